The Kier molecular flexibility index (Phi) is 3.99. The summed E-state index contributed by atoms with van der Waals surface area (Å²) in [7, 11) is 1.70. The van der Waals surface area contributed by atoms with Crippen LogP contribution in [0.3, 0.4) is 0 Å². The van der Waals surface area contributed by atoms with Gasteiger partial charge in [-0.3, -0.25) is 9.59 Å². The second kappa shape index (κ2) is 5.54. The summed E-state index contributed by atoms with van der Waals surface area (Å²) in [5.74, 6) is -0.251. The van der Waals surface area contributed by atoms with Crippen LogP contribution in [0.15, 0.2) is 17.2 Å². The van der Waals surface area contributed by atoms with Crippen molar-refractivity contribution >= 4 is 17.2 Å². The number of aryl methyl sites for hydroxylation is 2. The number of nitrogens with zero attached hydrogens (tertiary/aromatic N) is 3. The van der Waals surface area contributed by atoms with Gasteiger partial charge >= 0.3 is 0 Å². The Morgan fingerprint density at radius 2 is 2.15 bits per heavy atom. The van der Waals surface area contributed by atoms with E-state index in [1.165, 1.54) is 6.20 Å². The lowest BCUT2D eigenvalue weighted by molar-refractivity contribution is 0.0733. The standard InChI is InChI=1S/C13H16N4O2S/c1-7(12-8(2)20-9(3)16-12)17(4)13(19)10-5-15-11(18)6-14-10/h5-7H,1-4H3,(H,15,18). The molecule has 7 heteroatoms. The van der Waals surface area contributed by atoms with Gasteiger partial charge < -0.3 is 9.88 Å². The fraction of sp³-hybridized carbons (Fsp3) is 0.385. The summed E-state index contributed by atoms with van der Waals surface area (Å²) >= 11 is 1.61. The molecule has 0 aliphatic rings. The van der Waals surface area contributed by atoms with Crippen LogP contribution >= 0.6 is 11.3 Å². The van der Waals surface area contributed by atoms with E-state index in [1.807, 2.05) is 20.8 Å². The molecule has 2 rings (SSSR count). The minimum Gasteiger partial charge on any atom is -0.332 e. The van der Waals surface area contributed by atoms with Crippen molar-refractivity contribution < 1.29 is 4.79 Å². The van der Waals surface area contributed by atoms with Gasteiger partial charge in [0.2, 0.25) is 0 Å². The molecule has 20 heavy (non-hydrogen) atoms. The predicted molar refractivity (Wildman–Crippen MR) is 77.0 cm³/mol. The monoisotopic (exact) mass is 292 g/mol. The largest absolute Gasteiger partial charge is 0.332 e. The van der Waals surface area contributed by atoms with Crippen molar-refractivity contribution in [2.45, 2.75) is 26.8 Å². The Hall–Kier alpha value is -2.02. The van der Waals surface area contributed by atoms with Crippen LogP contribution in [0, 0.1) is 13.8 Å². The highest BCUT2D eigenvalue weighted by Crippen LogP contribution is 2.26. The molecule has 0 saturated carbocycles. The van der Waals surface area contributed by atoms with Crippen molar-refractivity contribution in [3.8, 4) is 0 Å². The van der Waals surface area contributed by atoms with E-state index in [0.717, 1.165) is 21.8 Å². The number of thiazole rings is 1. The molecule has 0 aliphatic carbocycles. The van der Waals surface area contributed by atoms with Gasteiger partial charge in [0, 0.05) is 18.1 Å². The lowest BCUT2D eigenvalue weighted by Crippen LogP contribution is -2.31. The van der Waals surface area contributed by atoms with Crippen molar-refractivity contribution in [2.75, 3.05) is 7.05 Å². The smallest absolute Gasteiger partial charge is 0.274 e. The van der Waals surface area contributed by atoms with E-state index >= 15 is 0 Å². The Morgan fingerprint density at radius 3 is 2.65 bits per heavy atom. The van der Waals surface area contributed by atoms with Crippen LogP contribution in [0.25, 0.3) is 0 Å². The minimum absolute atomic E-state index is 0.152. The molecule has 6 nitrogen and oxygen atoms in total. The molecule has 0 spiro atoms. The second-order valence-electron chi connectivity index (χ2n) is 4.56. The van der Waals surface area contributed by atoms with E-state index in [0.29, 0.717) is 0 Å². The first-order chi connectivity index (χ1) is 9.40. The molecular weight excluding hydrogens is 276 g/mol. The number of carbonyl (C=O) groups excluding carboxylic acids is 1. The molecule has 1 amide bonds. The molecule has 0 saturated heterocycles. The maximum atomic E-state index is 12.3. The third-order valence-corrected chi connectivity index (χ3v) is 4.03. The SMILES string of the molecule is Cc1nc(C(C)N(C)C(=O)c2c[nH]c(=O)cn2)c(C)s1. The van der Waals surface area contributed by atoms with Gasteiger partial charge in [-0.25, -0.2) is 9.97 Å². The lowest BCUT2D eigenvalue weighted by Gasteiger charge is -2.23. The van der Waals surface area contributed by atoms with Crippen molar-refractivity contribution in [2.24, 2.45) is 0 Å². The Labute approximate surface area is 120 Å². The molecule has 0 bridgehead atoms. The molecule has 0 aromatic carbocycles. The molecule has 2 aromatic rings. The quantitative estimate of drug-likeness (QED) is 0.933. The Balaban J connectivity index is 2.24. The number of aromatic amines is 1. The van der Waals surface area contributed by atoms with E-state index < -0.39 is 0 Å². The van der Waals surface area contributed by atoms with E-state index in [-0.39, 0.29) is 23.2 Å². The second-order valence-corrected chi connectivity index (χ2v) is 5.97. The average Bonchev–Trinajstić information content (AvgIpc) is 2.76. The molecule has 2 aromatic heterocycles. The molecule has 0 aliphatic heterocycles. The van der Waals surface area contributed by atoms with Crippen molar-refractivity contribution in [1.29, 1.82) is 0 Å². The fourth-order valence-corrected chi connectivity index (χ4v) is 2.84. The molecule has 2 heterocycles. The molecule has 0 radical (unpaired) electrons. The molecular formula is C13H16N4O2S. The molecule has 1 atom stereocenters. The van der Waals surface area contributed by atoms with E-state index in [1.54, 1.807) is 23.3 Å². The number of rotatable bonds is 3. The summed E-state index contributed by atoms with van der Waals surface area (Å²) in [5, 5.41) is 0.979. The molecule has 1 unspecified atom stereocenters. The summed E-state index contributed by atoms with van der Waals surface area (Å²) in [6, 6.07) is -0.152. The van der Waals surface area contributed by atoms with Crippen molar-refractivity contribution in [1.82, 2.24) is 19.9 Å². The topological polar surface area (TPSA) is 79.0 Å². The minimum atomic E-state index is -0.330. The van der Waals surface area contributed by atoms with Crippen molar-refractivity contribution in [3.05, 3.63) is 44.0 Å². The molecule has 1 N–H and O–H groups in total. The number of nitrogens with one attached hydrogen (secondary N) is 1. The van der Waals surface area contributed by atoms with E-state index in [4.69, 9.17) is 0 Å². The highest BCUT2D eigenvalue weighted by Gasteiger charge is 2.23. The number of hydrogen-bond acceptors (Lipinski definition) is 5. The zero-order chi connectivity index (χ0) is 14.9. The maximum Gasteiger partial charge on any atom is 0.274 e. The number of amides is 1. The lowest BCUT2D eigenvalue weighted by atomic mass is 10.2. The highest BCUT2D eigenvalue weighted by atomic mass is 32.1. The summed E-state index contributed by atoms with van der Waals surface area (Å²) in [6.07, 6.45) is 2.43. The van der Waals surface area contributed by atoms with Crippen LogP contribution in [0.2, 0.25) is 0 Å². The van der Waals surface area contributed by atoms with Gasteiger partial charge in [-0.1, -0.05) is 0 Å². The number of carbonyl (C=O) groups is 1. The van der Waals surface area contributed by atoms with Gasteiger partial charge in [0.15, 0.2) is 0 Å². The van der Waals surface area contributed by atoms with Crippen LogP contribution in [-0.2, 0) is 0 Å². The van der Waals surface area contributed by atoms with E-state index in [2.05, 4.69) is 15.0 Å². The average molecular weight is 292 g/mol. The Morgan fingerprint density at radius 1 is 1.45 bits per heavy atom. The number of aromatic nitrogens is 3. The van der Waals surface area contributed by atoms with Crippen LogP contribution in [0.5, 0.6) is 0 Å². The summed E-state index contributed by atoms with van der Waals surface area (Å²) in [6.45, 7) is 5.86. The number of hydrogen-bond donors (Lipinski definition) is 1. The third kappa shape index (κ3) is 2.77. The first kappa shape index (κ1) is 14.4. The highest BCUT2D eigenvalue weighted by molar-refractivity contribution is 7.11. The predicted octanol–water partition coefficient (Wildman–Crippen LogP) is 1.68. The Bertz CT molecular complexity index is 671. The third-order valence-electron chi connectivity index (χ3n) is 3.13. The molecule has 0 fully saturated rings. The van der Waals surface area contributed by atoms with E-state index in [9.17, 15) is 9.59 Å². The zero-order valence-corrected chi connectivity index (χ0v) is 12.6. The van der Waals surface area contributed by atoms with Gasteiger partial charge in [-0.15, -0.1) is 11.3 Å². The van der Waals surface area contributed by atoms with Gasteiger partial charge in [-0.2, -0.15) is 0 Å². The zero-order valence-electron chi connectivity index (χ0n) is 11.8. The fourth-order valence-electron chi connectivity index (χ4n) is 1.93. The normalized spacial score (nSPS) is 12.2. The van der Waals surface area contributed by atoms with Crippen LogP contribution in [-0.4, -0.2) is 32.8 Å². The van der Waals surface area contributed by atoms with Crippen molar-refractivity contribution in [3.63, 3.8) is 0 Å². The van der Waals surface area contributed by atoms with Gasteiger partial charge in [-0.05, 0) is 20.8 Å². The van der Waals surface area contributed by atoms with Crippen LogP contribution < -0.4 is 5.56 Å². The first-order valence-corrected chi connectivity index (χ1v) is 6.97. The van der Waals surface area contributed by atoms with Gasteiger partial charge in [0.1, 0.15) is 5.69 Å². The van der Waals surface area contributed by atoms with Gasteiger partial charge in [0.05, 0.1) is 22.9 Å². The van der Waals surface area contributed by atoms with Gasteiger partial charge in [0.25, 0.3) is 11.5 Å². The summed E-state index contributed by atoms with van der Waals surface area (Å²) in [4.78, 5) is 36.7. The summed E-state index contributed by atoms with van der Waals surface area (Å²) in [5.41, 5.74) is 0.777. The first-order valence-electron chi connectivity index (χ1n) is 6.16. The maximum absolute atomic E-state index is 12.3. The summed E-state index contributed by atoms with van der Waals surface area (Å²) < 4.78 is 0. The number of H-pyrrole nitrogens is 1. The van der Waals surface area contributed by atoms with Crippen LogP contribution in [0.4, 0.5) is 0 Å². The molecule has 106 valence electrons. The van der Waals surface area contributed by atoms with Crippen LogP contribution in [0.1, 0.15) is 39.0 Å².